The maximum absolute atomic E-state index is 12.9. The number of hydrogen-bond acceptors (Lipinski definition) is 5. The number of anilines is 2. The quantitative estimate of drug-likeness (QED) is 0.646. The van der Waals surface area contributed by atoms with Gasteiger partial charge in [-0.15, -0.1) is 0 Å². The Kier molecular flexibility index (Phi) is 6.16. The lowest BCUT2D eigenvalue weighted by molar-refractivity contribution is 0.0950. The van der Waals surface area contributed by atoms with Crippen molar-refractivity contribution in [1.82, 2.24) is 15.3 Å². The van der Waals surface area contributed by atoms with Gasteiger partial charge in [0.05, 0.1) is 17.4 Å². The molecule has 144 valence electrons. The molecular weight excluding hydrogens is 359 g/mol. The van der Waals surface area contributed by atoms with Crippen LogP contribution in [-0.4, -0.2) is 22.0 Å². The molecule has 1 amide bonds. The Balaban J connectivity index is 1.62. The number of halogens is 1. The highest BCUT2D eigenvalue weighted by Gasteiger charge is 2.09. The number of hydrogen-bond donors (Lipinski definition) is 2. The molecule has 7 heteroatoms. The smallest absolute Gasteiger partial charge is 0.254 e. The fraction of sp³-hybridized carbons (Fsp3) is 0.190. The van der Waals surface area contributed by atoms with Crippen molar-refractivity contribution in [2.24, 2.45) is 0 Å². The number of ether oxygens (including phenoxy) is 1. The van der Waals surface area contributed by atoms with Crippen LogP contribution in [0.4, 0.5) is 16.0 Å². The van der Waals surface area contributed by atoms with Crippen molar-refractivity contribution in [3.05, 3.63) is 77.9 Å². The van der Waals surface area contributed by atoms with E-state index in [2.05, 4.69) is 20.6 Å². The van der Waals surface area contributed by atoms with Gasteiger partial charge < -0.3 is 15.4 Å². The third-order valence-corrected chi connectivity index (χ3v) is 3.78. The Labute approximate surface area is 162 Å². The van der Waals surface area contributed by atoms with Gasteiger partial charge in [-0.2, -0.15) is 0 Å². The molecule has 0 spiro atoms. The molecule has 0 aliphatic heterocycles. The molecule has 2 N–H and O–H groups in total. The van der Waals surface area contributed by atoms with Gasteiger partial charge in [0.2, 0.25) is 5.95 Å². The maximum atomic E-state index is 12.9. The second-order valence-corrected chi connectivity index (χ2v) is 6.39. The van der Waals surface area contributed by atoms with E-state index >= 15 is 0 Å². The van der Waals surface area contributed by atoms with Gasteiger partial charge >= 0.3 is 0 Å². The molecule has 3 aromatic rings. The largest absolute Gasteiger partial charge is 0.489 e. The van der Waals surface area contributed by atoms with E-state index in [1.54, 1.807) is 12.1 Å². The molecule has 28 heavy (non-hydrogen) atoms. The van der Waals surface area contributed by atoms with E-state index in [1.165, 1.54) is 24.5 Å². The molecule has 0 aliphatic carbocycles. The number of para-hydroxylation sites is 2. The molecule has 1 aromatic heterocycles. The zero-order chi connectivity index (χ0) is 19.9. The number of rotatable bonds is 7. The number of aromatic nitrogens is 2. The minimum atomic E-state index is -0.313. The number of benzene rings is 2. The predicted molar refractivity (Wildman–Crippen MR) is 105 cm³/mol. The van der Waals surface area contributed by atoms with Gasteiger partial charge in [-0.1, -0.05) is 24.3 Å². The SMILES string of the molecule is CC(C)Oc1ccccc1Nc1ncc(C(=O)NCc2ccc(F)cc2)cn1. The normalized spacial score (nSPS) is 10.6. The van der Waals surface area contributed by atoms with Crippen LogP contribution in [0.15, 0.2) is 60.9 Å². The van der Waals surface area contributed by atoms with Crippen LogP contribution < -0.4 is 15.4 Å². The van der Waals surface area contributed by atoms with Crippen molar-refractivity contribution in [3.8, 4) is 5.75 Å². The highest BCUT2D eigenvalue weighted by atomic mass is 19.1. The average molecular weight is 380 g/mol. The van der Waals surface area contributed by atoms with Crippen LogP contribution in [0.1, 0.15) is 29.8 Å². The van der Waals surface area contributed by atoms with Crippen LogP contribution in [0.3, 0.4) is 0 Å². The van der Waals surface area contributed by atoms with Crippen LogP contribution in [0.2, 0.25) is 0 Å². The van der Waals surface area contributed by atoms with E-state index in [0.29, 0.717) is 23.8 Å². The first kappa shape index (κ1) is 19.3. The van der Waals surface area contributed by atoms with Gasteiger partial charge in [-0.05, 0) is 43.7 Å². The zero-order valence-corrected chi connectivity index (χ0v) is 15.6. The topological polar surface area (TPSA) is 76.1 Å². The summed E-state index contributed by atoms with van der Waals surface area (Å²) in [5, 5.41) is 5.85. The summed E-state index contributed by atoms with van der Waals surface area (Å²) in [4.78, 5) is 20.6. The second kappa shape index (κ2) is 8.94. The van der Waals surface area contributed by atoms with Gasteiger partial charge in [0.1, 0.15) is 11.6 Å². The molecule has 0 atom stereocenters. The Morgan fingerprint density at radius 1 is 1.07 bits per heavy atom. The van der Waals surface area contributed by atoms with E-state index < -0.39 is 0 Å². The summed E-state index contributed by atoms with van der Waals surface area (Å²) in [6.07, 6.45) is 2.93. The number of carbonyl (C=O) groups excluding carboxylic acids is 1. The van der Waals surface area contributed by atoms with Crippen molar-refractivity contribution in [3.63, 3.8) is 0 Å². The molecule has 3 rings (SSSR count). The summed E-state index contributed by atoms with van der Waals surface area (Å²) in [5.41, 5.74) is 1.87. The van der Waals surface area contributed by atoms with E-state index in [9.17, 15) is 9.18 Å². The Morgan fingerprint density at radius 2 is 1.75 bits per heavy atom. The number of nitrogens with zero attached hydrogens (tertiary/aromatic N) is 2. The molecular formula is C21H21FN4O2. The van der Waals surface area contributed by atoms with Crippen LogP contribution in [0.25, 0.3) is 0 Å². The first-order valence-corrected chi connectivity index (χ1v) is 8.88. The molecule has 0 bridgehead atoms. The van der Waals surface area contributed by atoms with Gasteiger partial charge in [0.15, 0.2) is 0 Å². The van der Waals surface area contributed by atoms with Crippen LogP contribution >= 0.6 is 0 Å². The van der Waals surface area contributed by atoms with Gasteiger partial charge in [0.25, 0.3) is 5.91 Å². The van der Waals surface area contributed by atoms with Crippen LogP contribution in [-0.2, 0) is 6.54 Å². The number of amides is 1. The molecule has 6 nitrogen and oxygen atoms in total. The number of nitrogens with one attached hydrogen (secondary N) is 2. The standard InChI is InChI=1S/C21H21FN4O2/c1-14(2)28-19-6-4-3-5-18(19)26-21-24-12-16(13-25-21)20(27)23-11-15-7-9-17(22)10-8-15/h3-10,12-14H,11H2,1-2H3,(H,23,27)(H,24,25,26). The molecule has 0 saturated heterocycles. The average Bonchev–Trinajstić information content (AvgIpc) is 2.69. The molecule has 0 fully saturated rings. The fourth-order valence-corrected chi connectivity index (χ4v) is 2.44. The Morgan fingerprint density at radius 3 is 2.43 bits per heavy atom. The highest BCUT2D eigenvalue weighted by Crippen LogP contribution is 2.26. The molecule has 1 heterocycles. The van der Waals surface area contributed by atoms with Crippen LogP contribution in [0, 0.1) is 5.82 Å². The van der Waals surface area contributed by atoms with Crippen molar-refractivity contribution in [2.45, 2.75) is 26.5 Å². The van der Waals surface area contributed by atoms with Gasteiger partial charge in [0, 0.05) is 18.9 Å². The molecule has 2 aromatic carbocycles. The van der Waals surface area contributed by atoms with Gasteiger partial charge in [-0.25, -0.2) is 14.4 Å². The van der Waals surface area contributed by atoms with Crippen molar-refractivity contribution in [2.75, 3.05) is 5.32 Å². The summed E-state index contributed by atoms with van der Waals surface area (Å²) in [5.74, 6) is 0.434. The lowest BCUT2D eigenvalue weighted by Crippen LogP contribution is -2.23. The van der Waals surface area contributed by atoms with Crippen molar-refractivity contribution in [1.29, 1.82) is 0 Å². The summed E-state index contributed by atoms with van der Waals surface area (Å²) in [6.45, 7) is 4.19. The monoisotopic (exact) mass is 380 g/mol. The first-order chi connectivity index (χ1) is 13.5. The van der Waals surface area contributed by atoms with Crippen molar-refractivity contribution < 1.29 is 13.9 Å². The summed E-state index contributed by atoms with van der Waals surface area (Å²) < 4.78 is 18.7. The Hall–Kier alpha value is -3.48. The minimum absolute atomic E-state index is 0.0380. The summed E-state index contributed by atoms with van der Waals surface area (Å²) >= 11 is 0. The fourth-order valence-electron chi connectivity index (χ4n) is 2.44. The highest BCUT2D eigenvalue weighted by molar-refractivity contribution is 5.93. The van der Waals surface area contributed by atoms with Crippen molar-refractivity contribution >= 4 is 17.5 Å². The maximum Gasteiger partial charge on any atom is 0.254 e. The third-order valence-electron chi connectivity index (χ3n) is 3.78. The second-order valence-electron chi connectivity index (χ2n) is 6.39. The lowest BCUT2D eigenvalue weighted by atomic mass is 10.2. The number of carbonyl (C=O) groups is 1. The van der Waals surface area contributed by atoms with Gasteiger partial charge in [-0.3, -0.25) is 4.79 Å². The van der Waals surface area contributed by atoms with E-state index in [-0.39, 0.29) is 17.8 Å². The third kappa shape index (κ3) is 5.26. The first-order valence-electron chi connectivity index (χ1n) is 8.88. The lowest BCUT2D eigenvalue weighted by Gasteiger charge is -2.14. The summed E-state index contributed by atoms with van der Waals surface area (Å²) in [7, 11) is 0. The summed E-state index contributed by atoms with van der Waals surface area (Å²) in [6, 6.07) is 13.4. The Bertz CT molecular complexity index is 928. The molecule has 0 saturated carbocycles. The molecule has 0 unspecified atom stereocenters. The van der Waals surface area contributed by atoms with E-state index in [0.717, 1.165) is 11.3 Å². The minimum Gasteiger partial charge on any atom is -0.489 e. The molecule has 0 aliphatic rings. The molecule has 0 radical (unpaired) electrons. The predicted octanol–water partition coefficient (Wildman–Crippen LogP) is 4.08. The van der Waals surface area contributed by atoms with Crippen LogP contribution in [0.5, 0.6) is 5.75 Å². The van der Waals surface area contributed by atoms with E-state index in [1.807, 2.05) is 38.1 Å². The van der Waals surface area contributed by atoms with E-state index in [4.69, 9.17) is 4.74 Å². The zero-order valence-electron chi connectivity index (χ0n) is 15.6.